The SMILES string of the molecule is O=C(CN1C(=O)COc2ccccc21)OCc1cc(Cl)c2c(c1)OCCO2. The molecule has 0 radical (unpaired) electrons. The maximum atomic E-state index is 12.3. The number of carbonyl (C=O) groups is 2. The van der Waals surface area contributed by atoms with Crippen molar-refractivity contribution in [2.45, 2.75) is 6.61 Å². The molecular weight excluding hydrogens is 374 g/mol. The van der Waals surface area contributed by atoms with Crippen molar-refractivity contribution in [2.24, 2.45) is 0 Å². The second-order valence-corrected chi connectivity index (χ2v) is 6.41. The number of nitrogens with zero attached hydrogens (tertiary/aromatic N) is 1. The third kappa shape index (κ3) is 3.64. The third-order valence-electron chi connectivity index (χ3n) is 4.15. The number of amides is 1. The number of hydrogen-bond acceptors (Lipinski definition) is 6. The fourth-order valence-corrected chi connectivity index (χ4v) is 3.20. The molecule has 0 saturated heterocycles. The topological polar surface area (TPSA) is 74.3 Å². The Kier molecular flexibility index (Phi) is 4.77. The van der Waals surface area contributed by atoms with Crippen LogP contribution in [0.2, 0.25) is 5.02 Å². The fraction of sp³-hybridized carbons (Fsp3) is 0.263. The Morgan fingerprint density at radius 3 is 2.81 bits per heavy atom. The van der Waals surface area contributed by atoms with E-state index in [1.165, 1.54) is 4.90 Å². The molecule has 2 heterocycles. The van der Waals surface area contributed by atoms with Crippen LogP contribution in [0.25, 0.3) is 0 Å². The minimum atomic E-state index is -0.536. The highest BCUT2D eigenvalue weighted by Gasteiger charge is 2.27. The Hall–Kier alpha value is -2.93. The van der Waals surface area contributed by atoms with E-state index in [4.69, 9.17) is 30.5 Å². The zero-order valence-electron chi connectivity index (χ0n) is 14.3. The average Bonchev–Trinajstić information content (AvgIpc) is 2.69. The Morgan fingerprint density at radius 2 is 1.93 bits per heavy atom. The maximum absolute atomic E-state index is 12.3. The highest BCUT2D eigenvalue weighted by Crippen LogP contribution is 2.38. The number of esters is 1. The lowest BCUT2D eigenvalue weighted by Crippen LogP contribution is -2.42. The van der Waals surface area contributed by atoms with Gasteiger partial charge in [-0.25, -0.2) is 0 Å². The first-order valence-corrected chi connectivity index (χ1v) is 8.75. The molecule has 0 aromatic heterocycles. The van der Waals surface area contributed by atoms with Crippen molar-refractivity contribution in [2.75, 3.05) is 31.3 Å². The van der Waals surface area contributed by atoms with E-state index in [1.54, 1.807) is 36.4 Å². The molecule has 27 heavy (non-hydrogen) atoms. The number of para-hydroxylation sites is 2. The summed E-state index contributed by atoms with van der Waals surface area (Å²) in [6, 6.07) is 10.4. The molecule has 1 amide bonds. The first-order valence-electron chi connectivity index (χ1n) is 8.37. The summed E-state index contributed by atoms with van der Waals surface area (Å²) in [5.74, 6) is 0.744. The van der Waals surface area contributed by atoms with Gasteiger partial charge in [0.2, 0.25) is 0 Å². The van der Waals surface area contributed by atoms with Crippen LogP contribution in [0.3, 0.4) is 0 Å². The summed E-state index contributed by atoms with van der Waals surface area (Å²) in [4.78, 5) is 25.7. The summed E-state index contributed by atoms with van der Waals surface area (Å²) in [6.07, 6.45) is 0. The van der Waals surface area contributed by atoms with Crippen LogP contribution in [0.1, 0.15) is 5.56 Å². The van der Waals surface area contributed by atoms with E-state index in [9.17, 15) is 9.59 Å². The van der Waals surface area contributed by atoms with Crippen molar-refractivity contribution in [1.82, 2.24) is 0 Å². The molecule has 0 N–H and O–H groups in total. The number of ether oxygens (including phenoxy) is 4. The van der Waals surface area contributed by atoms with Crippen LogP contribution >= 0.6 is 11.6 Å². The molecule has 0 atom stereocenters. The summed E-state index contributed by atoms with van der Waals surface area (Å²) in [6.45, 7) is 0.580. The van der Waals surface area contributed by atoms with Crippen molar-refractivity contribution >= 4 is 29.2 Å². The zero-order valence-corrected chi connectivity index (χ0v) is 15.0. The number of carbonyl (C=O) groups excluding carboxylic acids is 2. The minimum Gasteiger partial charge on any atom is -0.486 e. The second kappa shape index (κ2) is 7.36. The maximum Gasteiger partial charge on any atom is 0.326 e. The van der Waals surface area contributed by atoms with E-state index in [-0.39, 0.29) is 25.7 Å². The highest BCUT2D eigenvalue weighted by atomic mass is 35.5. The first-order chi connectivity index (χ1) is 13.1. The highest BCUT2D eigenvalue weighted by molar-refractivity contribution is 6.32. The Morgan fingerprint density at radius 1 is 1.11 bits per heavy atom. The molecule has 8 heteroatoms. The van der Waals surface area contributed by atoms with Crippen molar-refractivity contribution in [3.8, 4) is 17.2 Å². The van der Waals surface area contributed by atoms with E-state index in [0.717, 1.165) is 0 Å². The molecule has 2 aromatic rings. The lowest BCUT2D eigenvalue weighted by molar-refractivity contribution is -0.144. The van der Waals surface area contributed by atoms with Gasteiger partial charge in [-0.15, -0.1) is 0 Å². The molecule has 0 unspecified atom stereocenters. The quantitative estimate of drug-likeness (QED) is 0.748. The van der Waals surface area contributed by atoms with Gasteiger partial charge in [0.15, 0.2) is 18.1 Å². The van der Waals surface area contributed by atoms with E-state index >= 15 is 0 Å². The molecule has 0 fully saturated rings. The average molecular weight is 390 g/mol. The van der Waals surface area contributed by atoms with Gasteiger partial charge in [-0.05, 0) is 29.8 Å². The van der Waals surface area contributed by atoms with Crippen molar-refractivity contribution < 1.29 is 28.5 Å². The smallest absolute Gasteiger partial charge is 0.326 e. The van der Waals surface area contributed by atoms with Gasteiger partial charge in [0.25, 0.3) is 5.91 Å². The number of rotatable bonds is 4. The Balaban J connectivity index is 1.42. The summed E-state index contributed by atoms with van der Waals surface area (Å²) in [5, 5.41) is 0.399. The fourth-order valence-electron chi connectivity index (χ4n) is 2.91. The van der Waals surface area contributed by atoms with Gasteiger partial charge >= 0.3 is 5.97 Å². The predicted octanol–water partition coefficient (Wildman–Crippen LogP) is 2.58. The Bertz CT molecular complexity index is 900. The van der Waals surface area contributed by atoms with Crippen LogP contribution in [0.4, 0.5) is 5.69 Å². The van der Waals surface area contributed by atoms with Gasteiger partial charge in [0.1, 0.15) is 32.1 Å². The van der Waals surface area contributed by atoms with Gasteiger partial charge in [-0.1, -0.05) is 23.7 Å². The molecule has 0 saturated carbocycles. The zero-order chi connectivity index (χ0) is 18.8. The van der Waals surface area contributed by atoms with Gasteiger partial charge in [-0.2, -0.15) is 0 Å². The molecule has 0 aliphatic carbocycles. The second-order valence-electron chi connectivity index (χ2n) is 6.00. The predicted molar refractivity (Wildman–Crippen MR) is 96.5 cm³/mol. The lowest BCUT2D eigenvalue weighted by atomic mass is 10.2. The molecule has 2 aromatic carbocycles. The molecule has 7 nitrogen and oxygen atoms in total. The summed E-state index contributed by atoms with van der Waals surface area (Å²) in [7, 11) is 0. The number of benzene rings is 2. The molecule has 0 bridgehead atoms. The minimum absolute atomic E-state index is 0.00930. The standard InChI is InChI=1S/C19H16ClNO6/c20-13-7-12(8-16-19(13)25-6-5-24-16)10-27-18(23)9-21-14-3-1-2-4-15(14)26-11-17(21)22/h1-4,7-8H,5-6,9-11H2. The van der Waals surface area contributed by atoms with Gasteiger partial charge in [-0.3, -0.25) is 14.5 Å². The summed E-state index contributed by atoms with van der Waals surface area (Å²) < 4.78 is 21.6. The van der Waals surface area contributed by atoms with Crippen LogP contribution < -0.4 is 19.1 Å². The van der Waals surface area contributed by atoms with Crippen molar-refractivity contribution in [3.05, 3.63) is 47.0 Å². The normalized spacial score (nSPS) is 15.0. The van der Waals surface area contributed by atoms with E-state index in [2.05, 4.69) is 0 Å². The van der Waals surface area contributed by atoms with Gasteiger partial charge in [0, 0.05) is 0 Å². The molecule has 140 valence electrons. The molecule has 4 rings (SSSR count). The number of anilines is 1. The summed E-state index contributed by atoms with van der Waals surface area (Å²) >= 11 is 6.18. The van der Waals surface area contributed by atoms with Gasteiger partial charge in [0.05, 0.1) is 10.7 Å². The van der Waals surface area contributed by atoms with Crippen LogP contribution in [0.15, 0.2) is 36.4 Å². The molecule has 0 spiro atoms. The number of fused-ring (bicyclic) bond motifs is 2. The molecule has 2 aliphatic rings. The Labute approximate surface area is 160 Å². The van der Waals surface area contributed by atoms with Crippen LogP contribution in [0, 0.1) is 0 Å². The van der Waals surface area contributed by atoms with Crippen molar-refractivity contribution in [1.29, 1.82) is 0 Å². The third-order valence-corrected chi connectivity index (χ3v) is 4.43. The van der Waals surface area contributed by atoms with Gasteiger partial charge < -0.3 is 18.9 Å². The first kappa shape index (κ1) is 17.5. The summed E-state index contributed by atoms with van der Waals surface area (Å²) in [5.41, 5.74) is 1.22. The van der Waals surface area contributed by atoms with Crippen LogP contribution in [-0.4, -0.2) is 38.2 Å². The number of hydrogen-bond donors (Lipinski definition) is 0. The number of halogens is 1. The molecular formula is C19H16ClNO6. The van der Waals surface area contributed by atoms with Crippen LogP contribution in [0.5, 0.6) is 17.2 Å². The van der Waals surface area contributed by atoms with E-state index in [1.807, 2.05) is 0 Å². The van der Waals surface area contributed by atoms with E-state index in [0.29, 0.717) is 46.7 Å². The van der Waals surface area contributed by atoms with E-state index < -0.39 is 5.97 Å². The largest absolute Gasteiger partial charge is 0.486 e. The van der Waals surface area contributed by atoms with Crippen LogP contribution in [-0.2, 0) is 20.9 Å². The monoisotopic (exact) mass is 389 g/mol. The molecule has 2 aliphatic heterocycles. The lowest BCUT2D eigenvalue weighted by Gasteiger charge is -2.28. The van der Waals surface area contributed by atoms with Crippen molar-refractivity contribution in [3.63, 3.8) is 0 Å².